The number of rotatable bonds is 2. The minimum Gasteiger partial charge on any atom is -0.330 e. The van der Waals surface area contributed by atoms with Crippen LogP contribution in [0.25, 0.3) is 0 Å². The van der Waals surface area contributed by atoms with Crippen LogP contribution in [-0.4, -0.2) is 6.54 Å². The van der Waals surface area contributed by atoms with Crippen molar-refractivity contribution in [3.63, 3.8) is 0 Å². The molecule has 2 N–H and O–H groups in total. The summed E-state index contributed by atoms with van der Waals surface area (Å²) < 4.78 is 0. The van der Waals surface area contributed by atoms with Crippen LogP contribution in [-0.2, 0) is 0 Å². The number of halogens is 2. The second-order valence-corrected chi connectivity index (χ2v) is 5.78. The summed E-state index contributed by atoms with van der Waals surface area (Å²) in [5, 5.41) is 1.29. The van der Waals surface area contributed by atoms with Gasteiger partial charge in [-0.1, -0.05) is 59.6 Å². The first-order valence-corrected chi connectivity index (χ1v) is 7.20. The van der Waals surface area contributed by atoms with E-state index < -0.39 is 0 Å². The molecule has 98 valence electrons. The molecule has 0 heterocycles. The number of hydrogen-bond acceptors (Lipinski definition) is 1. The second kappa shape index (κ2) is 5.16. The highest BCUT2D eigenvalue weighted by atomic mass is 35.5. The number of nitrogens with two attached hydrogens (primary N) is 1. The smallest absolute Gasteiger partial charge is 0.0630 e. The Bertz CT molecular complexity index is 609. The van der Waals surface area contributed by atoms with E-state index in [-0.39, 0.29) is 0 Å². The average Bonchev–Trinajstić information content (AvgIpc) is 2.81. The van der Waals surface area contributed by atoms with Gasteiger partial charge in [0, 0.05) is 5.92 Å². The first kappa shape index (κ1) is 13.0. The number of benzene rings is 2. The van der Waals surface area contributed by atoms with Crippen LogP contribution < -0.4 is 5.73 Å². The van der Waals surface area contributed by atoms with Crippen molar-refractivity contribution >= 4 is 23.2 Å². The van der Waals surface area contributed by atoms with Crippen molar-refractivity contribution in [1.82, 2.24) is 0 Å². The molecular weight excluding hydrogens is 277 g/mol. The van der Waals surface area contributed by atoms with Gasteiger partial charge in [0.2, 0.25) is 0 Å². The zero-order valence-corrected chi connectivity index (χ0v) is 12.0. The molecule has 1 aliphatic carbocycles. The van der Waals surface area contributed by atoms with Crippen molar-refractivity contribution in [2.24, 2.45) is 5.73 Å². The summed E-state index contributed by atoms with van der Waals surface area (Å²) in [4.78, 5) is 0. The van der Waals surface area contributed by atoms with Crippen molar-refractivity contribution in [3.8, 4) is 0 Å². The Morgan fingerprint density at radius 3 is 2.37 bits per heavy atom. The third-order valence-electron chi connectivity index (χ3n) is 3.97. The molecule has 0 aromatic heterocycles. The van der Waals surface area contributed by atoms with E-state index in [4.69, 9.17) is 28.9 Å². The lowest BCUT2D eigenvalue weighted by atomic mass is 9.92. The van der Waals surface area contributed by atoms with Gasteiger partial charge in [0.05, 0.1) is 10.0 Å². The number of fused-ring (bicyclic) bond motifs is 1. The maximum absolute atomic E-state index is 6.37. The predicted octanol–water partition coefficient (Wildman–Crippen LogP) is 4.57. The molecule has 0 radical (unpaired) electrons. The Balaban J connectivity index is 2.10. The summed E-state index contributed by atoms with van der Waals surface area (Å²) in [5.41, 5.74) is 9.69. The monoisotopic (exact) mass is 291 g/mol. The summed E-state index contributed by atoms with van der Waals surface area (Å²) in [6.45, 7) is 0.672. The van der Waals surface area contributed by atoms with E-state index in [9.17, 15) is 0 Å². The largest absolute Gasteiger partial charge is 0.330 e. The molecule has 19 heavy (non-hydrogen) atoms. The van der Waals surface area contributed by atoms with Gasteiger partial charge < -0.3 is 5.73 Å². The normalized spacial score (nSPS) is 21.4. The van der Waals surface area contributed by atoms with Gasteiger partial charge in [-0.15, -0.1) is 0 Å². The van der Waals surface area contributed by atoms with Crippen LogP contribution in [0.1, 0.15) is 34.9 Å². The molecule has 3 rings (SSSR count). The van der Waals surface area contributed by atoms with E-state index in [2.05, 4.69) is 30.3 Å². The maximum atomic E-state index is 6.37. The minimum atomic E-state index is 0.302. The summed E-state index contributed by atoms with van der Waals surface area (Å²) in [6, 6.07) is 14.3. The van der Waals surface area contributed by atoms with Gasteiger partial charge in [-0.3, -0.25) is 0 Å². The molecule has 2 atom stereocenters. The van der Waals surface area contributed by atoms with E-state index >= 15 is 0 Å². The second-order valence-electron chi connectivity index (χ2n) is 4.99. The SMILES string of the molecule is NCC1CC(c2cccc(Cl)c2Cl)c2ccccc21. The van der Waals surface area contributed by atoms with Gasteiger partial charge in [-0.25, -0.2) is 0 Å². The fraction of sp³-hybridized carbons (Fsp3) is 0.250. The molecule has 0 bridgehead atoms. The Morgan fingerprint density at radius 1 is 0.947 bits per heavy atom. The molecule has 1 aliphatic rings. The van der Waals surface area contributed by atoms with Crippen molar-refractivity contribution in [2.75, 3.05) is 6.54 Å². The van der Waals surface area contributed by atoms with Gasteiger partial charge in [0.25, 0.3) is 0 Å². The molecule has 3 heteroatoms. The molecule has 0 fully saturated rings. The Morgan fingerprint density at radius 2 is 1.63 bits per heavy atom. The maximum Gasteiger partial charge on any atom is 0.0630 e. The highest BCUT2D eigenvalue weighted by molar-refractivity contribution is 6.42. The van der Waals surface area contributed by atoms with Gasteiger partial charge in [0.15, 0.2) is 0 Å². The van der Waals surface area contributed by atoms with Crippen molar-refractivity contribution in [2.45, 2.75) is 18.3 Å². The van der Waals surface area contributed by atoms with Crippen molar-refractivity contribution < 1.29 is 0 Å². The summed E-state index contributed by atoms with van der Waals surface area (Å²) >= 11 is 12.5. The van der Waals surface area contributed by atoms with Crippen LogP contribution in [0.4, 0.5) is 0 Å². The molecule has 0 saturated heterocycles. The molecule has 2 aromatic carbocycles. The van der Waals surface area contributed by atoms with Crippen LogP contribution in [0.3, 0.4) is 0 Å². The lowest BCUT2D eigenvalue weighted by Gasteiger charge is -2.15. The van der Waals surface area contributed by atoms with E-state index in [1.165, 1.54) is 11.1 Å². The van der Waals surface area contributed by atoms with Gasteiger partial charge >= 0.3 is 0 Å². The Kier molecular flexibility index (Phi) is 3.53. The lowest BCUT2D eigenvalue weighted by Crippen LogP contribution is -2.09. The van der Waals surface area contributed by atoms with Gasteiger partial charge in [-0.05, 0) is 41.6 Å². The van der Waals surface area contributed by atoms with Gasteiger partial charge in [0.1, 0.15) is 0 Å². The fourth-order valence-corrected chi connectivity index (χ4v) is 3.49. The first-order chi connectivity index (χ1) is 9.22. The molecule has 2 aromatic rings. The standard InChI is InChI=1S/C16H15Cl2N/c17-15-7-3-6-13(16(15)18)14-8-10(9-19)11-4-1-2-5-12(11)14/h1-7,10,14H,8-9,19H2. The summed E-state index contributed by atoms with van der Waals surface area (Å²) in [5.74, 6) is 0.715. The average molecular weight is 292 g/mol. The zero-order valence-electron chi connectivity index (χ0n) is 10.4. The topological polar surface area (TPSA) is 26.0 Å². The minimum absolute atomic E-state index is 0.302. The summed E-state index contributed by atoms with van der Waals surface area (Å²) in [6.07, 6.45) is 1.01. The molecule has 2 unspecified atom stereocenters. The molecule has 1 nitrogen and oxygen atoms in total. The van der Waals surface area contributed by atoms with E-state index in [0.29, 0.717) is 28.4 Å². The third-order valence-corrected chi connectivity index (χ3v) is 4.81. The van der Waals surface area contributed by atoms with Crippen LogP contribution >= 0.6 is 23.2 Å². The molecule has 0 aliphatic heterocycles. The van der Waals surface area contributed by atoms with E-state index in [0.717, 1.165) is 12.0 Å². The van der Waals surface area contributed by atoms with Crippen LogP contribution in [0.2, 0.25) is 10.0 Å². The predicted molar refractivity (Wildman–Crippen MR) is 81.2 cm³/mol. The first-order valence-electron chi connectivity index (χ1n) is 6.45. The fourth-order valence-electron chi connectivity index (χ4n) is 3.05. The Labute approximate surface area is 123 Å². The molecule has 0 spiro atoms. The molecule has 0 amide bonds. The van der Waals surface area contributed by atoms with E-state index in [1.54, 1.807) is 0 Å². The van der Waals surface area contributed by atoms with Crippen LogP contribution in [0.5, 0.6) is 0 Å². The summed E-state index contributed by atoms with van der Waals surface area (Å²) in [7, 11) is 0. The molecule has 0 saturated carbocycles. The highest BCUT2D eigenvalue weighted by Gasteiger charge is 2.32. The van der Waals surface area contributed by atoms with Crippen molar-refractivity contribution in [3.05, 3.63) is 69.2 Å². The lowest BCUT2D eigenvalue weighted by molar-refractivity contribution is 0.645. The Hall–Kier alpha value is -1.02. The highest BCUT2D eigenvalue weighted by Crippen LogP contribution is 2.47. The zero-order chi connectivity index (χ0) is 13.4. The van der Waals surface area contributed by atoms with Crippen molar-refractivity contribution in [1.29, 1.82) is 0 Å². The molecular formula is C16H15Cl2N. The van der Waals surface area contributed by atoms with E-state index in [1.807, 2.05) is 12.1 Å². The number of hydrogen-bond donors (Lipinski definition) is 1. The quantitative estimate of drug-likeness (QED) is 0.862. The van der Waals surface area contributed by atoms with Gasteiger partial charge in [-0.2, -0.15) is 0 Å². The van der Waals surface area contributed by atoms with Crippen LogP contribution in [0, 0.1) is 0 Å². The third kappa shape index (κ3) is 2.16. The van der Waals surface area contributed by atoms with Crippen LogP contribution in [0.15, 0.2) is 42.5 Å².